The molecule has 0 N–H and O–H groups in total. The number of piperazine rings is 1. The Bertz CT molecular complexity index is 816. The van der Waals surface area contributed by atoms with Crippen molar-refractivity contribution in [2.24, 2.45) is 0 Å². The molecule has 0 radical (unpaired) electrons. The van der Waals surface area contributed by atoms with Crippen LogP contribution in [0.5, 0.6) is 0 Å². The summed E-state index contributed by atoms with van der Waals surface area (Å²) in [4.78, 5) is 32.0. The van der Waals surface area contributed by atoms with Gasteiger partial charge in [0.25, 0.3) is 11.7 Å². The monoisotopic (exact) mass is 316 g/mol. The van der Waals surface area contributed by atoms with Gasteiger partial charge in [0, 0.05) is 31.0 Å². The van der Waals surface area contributed by atoms with Crippen molar-refractivity contribution in [1.29, 1.82) is 0 Å². The molecule has 9 heteroatoms. The van der Waals surface area contributed by atoms with E-state index in [2.05, 4.69) is 15.2 Å². The number of aromatic nitrogens is 4. The summed E-state index contributed by atoms with van der Waals surface area (Å²) in [5.74, 6) is 0.470. The zero-order valence-corrected chi connectivity index (χ0v) is 12.9. The lowest BCUT2D eigenvalue weighted by Gasteiger charge is -2.34. The van der Waals surface area contributed by atoms with Crippen LogP contribution in [0.1, 0.15) is 22.0 Å². The predicted molar refractivity (Wildman–Crippen MR) is 78.0 cm³/mol. The van der Waals surface area contributed by atoms with E-state index in [1.165, 1.54) is 0 Å². The van der Waals surface area contributed by atoms with Gasteiger partial charge in [-0.05, 0) is 19.9 Å². The third-order valence-electron chi connectivity index (χ3n) is 4.29. The summed E-state index contributed by atoms with van der Waals surface area (Å²) in [5.41, 5.74) is 1.69. The molecule has 2 amide bonds. The van der Waals surface area contributed by atoms with Gasteiger partial charge in [-0.25, -0.2) is 9.78 Å². The molecule has 2 aliphatic heterocycles. The number of carbonyl (C=O) groups is 2. The van der Waals surface area contributed by atoms with Crippen LogP contribution in [0.4, 0.5) is 4.79 Å². The zero-order valence-electron chi connectivity index (χ0n) is 12.9. The van der Waals surface area contributed by atoms with Crippen molar-refractivity contribution >= 4 is 17.8 Å². The smallest absolute Gasteiger partial charge is 0.410 e. The lowest BCUT2D eigenvalue weighted by Crippen LogP contribution is -2.54. The van der Waals surface area contributed by atoms with Crippen molar-refractivity contribution in [1.82, 2.24) is 29.4 Å². The maximum absolute atomic E-state index is 12.8. The SMILES string of the molecule is Cc1cc(C)n2c(C(=O)N3CCN4C(=O)OCC4C3)nnc2n1. The highest BCUT2D eigenvalue weighted by Gasteiger charge is 2.39. The number of nitrogens with zero attached hydrogens (tertiary/aromatic N) is 6. The summed E-state index contributed by atoms with van der Waals surface area (Å²) in [7, 11) is 0. The van der Waals surface area contributed by atoms with Gasteiger partial charge in [-0.3, -0.25) is 14.1 Å². The number of hydrogen-bond acceptors (Lipinski definition) is 6. The van der Waals surface area contributed by atoms with Gasteiger partial charge in [0.15, 0.2) is 0 Å². The second kappa shape index (κ2) is 4.90. The molecule has 1 unspecified atom stereocenters. The van der Waals surface area contributed by atoms with E-state index in [-0.39, 0.29) is 23.9 Å². The molecule has 0 spiro atoms. The number of hydrogen-bond donors (Lipinski definition) is 0. The first-order chi connectivity index (χ1) is 11.0. The molecule has 0 bridgehead atoms. The molecule has 0 aliphatic carbocycles. The van der Waals surface area contributed by atoms with E-state index >= 15 is 0 Å². The molecule has 1 atom stereocenters. The van der Waals surface area contributed by atoms with Crippen molar-refractivity contribution in [3.8, 4) is 0 Å². The van der Waals surface area contributed by atoms with Crippen molar-refractivity contribution in [3.05, 3.63) is 23.3 Å². The van der Waals surface area contributed by atoms with Crippen molar-refractivity contribution in [2.45, 2.75) is 19.9 Å². The lowest BCUT2D eigenvalue weighted by molar-refractivity contribution is 0.0603. The van der Waals surface area contributed by atoms with Gasteiger partial charge in [0.05, 0.1) is 6.04 Å². The van der Waals surface area contributed by atoms with Crippen LogP contribution < -0.4 is 0 Å². The van der Waals surface area contributed by atoms with Crippen molar-refractivity contribution < 1.29 is 14.3 Å². The quantitative estimate of drug-likeness (QED) is 0.736. The van der Waals surface area contributed by atoms with Crippen LogP contribution in [0.25, 0.3) is 5.78 Å². The van der Waals surface area contributed by atoms with Gasteiger partial charge in [-0.15, -0.1) is 10.2 Å². The van der Waals surface area contributed by atoms with Crippen LogP contribution in [0, 0.1) is 13.8 Å². The van der Waals surface area contributed by atoms with Crippen LogP contribution >= 0.6 is 0 Å². The van der Waals surface area contributed by atoms with E-state index in [9.17, 15) is 9.59 Å². The van der Waals surface area contributed by atoms with Crippen LogP contribution in [-0.2, 0) is 4.74 Å². The molecule has 23 heavy (non-hydrogen) atoms. The second-order valence-corrected chi connectivity index (χ2v) is 5.87. The van der Waals surface area contributed by atoms with E-state index in [1.807, 2.05) is 19.9 Å². The van der Waals surface area contributed by atoms with E-state index in [0.29, 0.717) is 32.0 Å². The van der Waals surface area contributed by atoms with Gasteiger partial charge in [0.2, 0.25) is 5.82 Å². The number of amides is 2. The number of cyclic esters (lactones) is 1. The van der Waals surface area contributed by atoms with Gasteiger partial charge in [-0.1, -0.05) is 0 Å². The van der Waals surface area contributed by atoms with Crippen molar-refractivity contribution in [3.63, 3.8) is 0 Å². The summed E-state index contributed by atoms with van der Waals surface area (Å²) in [6.07, 6.45) is -0.300. The fourth-order valence-corrected chi connectivity index (χ4v) is 3.18. The summed E-state index contributed by atoms with van der Waals surface area (Å²) >= 11 is 0. The van der Waals surface area contributed by atoms with Gasteiger partial charge < -0.3 is 9.64 Å². The Balaban J connectivity index is 1.64. The van der Waals surface area contributed by atoms with Crippen LogP contribution in [0.3, 0.4) is 0 Å². The molecule has 2 aliphatic rings. The van der Waals surface area contributed by atoms with Gasteiger partial charge in [0.1, 0.15) is 6.61 Å². The molecule has 4 heterocycles. The largest absolute Gasteiger partial charge is 0.447 e. The fraction of sp³-hybridized carbons (Fsp3) is 0.500. The first-order valence-electron chi connectivity index (χ1n) is 7.46. The Labute approximate surface area is 131 Å². The second-order valence-electron chi connectivity index (χ2n) is 5.87. The van der Waals surface area contributed by atoms with Gasteiger partial charge in [-0.2, -0.15) is 0 Å². The molecule has 0 saturated carbocycles. The van der Waals surface area contributed by atoms with E-state index < -0.39 is 0 Å². The minimum atomic E-state index is -0.300. The Morgan fingerprint density at radius 3 is 2.96 bits per heavy atom. The first kappa shape index (κ1) is 13.9. The minimum Gasteiger partial charge on any atom is -0.447 e. The lowest BCUT2D eigenvalue weighted by atomic mass is 10.2. The molecule has 2 aromatic heterocycles. The number of ether oxygens (including phenoxy) is 1. The molecule has 0 aromatic carbocycles. The minimum absolute atomic E-state index is 0.0825. The van der Waals surface area contributed by atoms with Gasteiger partial charge >= 0.3 is 6.09 Å². The third kappa shape index (κ3) is 2.11. The number of rotatable bonds is 1. The number of aryl methyl sites for hydroxylation is 2. The number of fused-ring (bicyclic) bond motifs is 2. The molecule has 2 aromatic rings. The standard InChI is InChI=1S/C14H16N6O3/c1-8-5-9(2)20-11(16-17-13(20)15-8)12(21)18-3-4-19-10(6-18)7-23-14(19)22/h5,10H,3-4,6-7H2,1-2H3. The van der Waals surface area contributed by atoms with Crippen LogP contribution in [0.15, 0.2) is 6.07 Å². The molecule has 120 valence electrons. The van der Waals surface area contributed by atoms with Crippen molar-refractivity contribution in [2.75, 3.05) is 26.2 Å². The zero-order chi connectivity index (χ0) is 16.1. The molecular weight excluding hydrogens is 300 g/mol. The summed E-state index contributed by atoms with van der Waals surface area (Å²) in [6.45, 7) is 5.46. The Hall–Kier alpha value is -2.71. The topological polar surface area (TPSA) is 92.9 Å². The predicted octanol–water partition coefficient (Wildman–Crippen LogP) is 0.0177. The van der Waals surface area contributed by atoms with Crippen LogP contribution in [-0.4, -0.2) is 73.7 Å². The Morgan fingerprint density at radius 1 is 1.30 bits per heavy atom. The molecule has 9 nitrogen and oxygen atoms in total. The average molecular weight is 316 g/mol. The Morgan fingerprint density at radius 2 is 2.13 bits per heavy atom. The summed E-state index contributed by atoms with van der Waals surface area (Å²) in [6, 6.07) is 1.80. The highest BCUT2D eigenvalue weighted by Crippen LogP contribution is 2.19. The third-order valence-corrected chi connectivity index (χ3v) is 4.29. The van der Waals surface area contributed by atoms with E-state index in [0.717, 1.165) is 11.4 Å². The van der Waals surface area contributed by atoms with E-state index in [1.54, 1.807) is 14.2 Å². The molecular formula is C14H16N6O3. The maximum Gasteiger partial charge on any atom is 0.410 e. The average Bonchev–Trinajstić information content (AvgIpc) is 3.10. The fourth-order valence-electron chi connectivity index (χ4n) is 3.18. The first-order valence-corrected chi connectivity index (χ1v) is 7.46. The van der Waals surface area contributed by atoms with Crippen LogP contribution in [0.2, 0.25) is 0 Å². The number of carbonyl (C=O) groups excluding carboxylic acids is 2. The summed E-state index contributed by atoms with van der Waals surface area (Å²) < 4.78 is 6.69. The molecule has 2 saturated heterocycles. The maximum atomic E-state index is 12.8. The molecule has 4 rings (SSSR count). The highest BCUT2D eigenvalue weighted by atomic mass is 16.6. The normalized spacial score (nSPS) is 20.8. The molecule has 2 fully saturated rings. The Kier molecular flexibility index (Phi) is 2.97. The summed E-state index contributed by atoms with van der Waals surface area (Å²) in [5, 5.41) is 8.02. The van der Waals surface area contributed by atoms with E-state index in [4.69, 9.17) is 4.74 Å². The highest BCUT2D eigenvalue weighted by molar-refractivity contribution is 5.91.